The number of nitrogens with one attached hydrogen (secondary N) is 1. The van der Waals surface area contributed by atoms with Crippen LogP contribution in [0.25, 0.3) is 0 Å². The summed E-state index contributed by atoms with van der Waals surface area (Å²) in [5.41, 5.74) is 1.13. The quantitative estimate of drug-likeness (QED) is 0.881. The SMILES string of the molecule is O=C(O)[C@H]1CCCC[C@H]1NCc1ccc(Cl)cc1. The average molecular weight is 268 g/mol. The number of carboxylic acid groups (broad SMARTS) is 1. The van der Waals surface area contributed by atoms with Gasteiger partial charge in [0.05, 0.1) is 5.92 Å². The largest absolute Gasteiger partial charge is 0.481 e. The van der Waals surface area contributed by atoms with Crippen LogP contribution in [0.5, 0.6) is 0 Å². The monoisotopic (exact) mass is 267 g/mol. The summed E-state index contributed by atoms with van der Waals surface area (Å²) in [6, 6.07) is 7.73. The van der Waals surface area contributed by atoms with E-state index in [9.17, 15) is 9.90 Å². The van der Waals surface area contributed by atoms with Gasteiger partial charge in [-0.1, -0.05) is 36.6 Å². The lowest BCUT2D eigenvalue weighted by Crippen LogP contribution is -2.41. The molecule has 1 fully saturated rings. The van der Waals surface area contributed by atoms with Crippen LogP contribution in [0.2, 0.25) is 5.02 Å². The van der Waals surface area contributed by atoms with Crippen molar-refractivity contribution in [3.8, 4) is 0 Å². The molecule has 1 aromatic rings. The van der Waals surface area contributed by atoms with Crippen molar-refractivity contribution in [3.05, 3.63) is 34.9 Å². The summed E-state index contributed by atoms with van der Waals surface area (Å²) in [5.74, 6) is -0.922. The van der Waals surface area contributed by atoms with Crippen molar-refractivity contribution in [2.24, 2.45) is 5.92 Å². The average Bonchev–Trinajstić information content (AvgIpc) is 2.38. The molecule has 1 aliphatic rings. The number of hydrogen-bond donors (Lipinski definition) is 2. The van der Waals surface area contributed by atoms with Crippen molar-refractivity contribution in [1.82, 2.24) is 5.32 Å². The summed E-state index contributed by atoms with van der Waals surface area (Å²) in [5, 5.41) is 13.3. The fourth-order valence-electron chi connectivity index (χ4n) is 2.52. The first-order valence-electron chi connectivity index (χ1n) is 6.37. The maximum Gasteiger partial charge on any atom is 0.308 e. The molecule has 18 heavy (non-hydrogen) atoms. The standard InChI is InChI=1S/C14H18ClNO2/c15-11-7-5-10(6-8-11)9-16-13-4-2-1-3-12(13)14(17)18/h5-8,12-13,16H,1-4,9H2,(H,17,18)/t12-,13+/m0/s1. The van der Waals surface area contributed by atoms with Crippen molar-refractivity contribution in [1.29, 1.82) is 0 Å². The molecule has 98 valence electrons. The Morgan fingerprint density at radius 1 is 1.28 bits per heavy atom. The highest BCUT2D eigenvalue weighted by Crippen LogP contribution is 2.25. The van der Waals surface area contributed by atoms with Gasteiger partial charge in [0.2, 0.25) is 0 Å². The van der Waals surface area contributed by atoms with Crippen LogP contribution >= 0.6 is 11.6 Å². The van der Waals surface area contributed by atoms with Gasteiger partial charge in [0.25, 0.3) is 0 Å². The van der Waals surface area contributed by atoms with E-state index in [2.05, 4.69) is 5.32 Å². The Bertz CT molecular complexity index is 405. The molecule has 1 aliphatic carbocycles. The van der Waals surface area contributed by atoms with Crippen molar-refractivity contribution >= 4 is 17.6 Å². The van der Waals surface area contributed by atoms with Gasteiger partial charge in [-0.3, -0.25) is 4.79 Å². The van der Waals surface area contributed by atoms with Gasteiger partial charge >= 0.3 is 5.97 Å². The third kappa shape index (κ3) is 3.47. The number of halogens is 1. The Morgan fingerprint density at radius 2 is 1.94 bits per heavy atom. The lowest BCUT2D eigenvalue weighted by Gasteiger charge is -2.29. The Hall–Kier alpha value is -1.06. The Balaban J connectivity index is 1.91. The van der Waals surface area contributed by atoms with Crippen LogP contribution < -0.4 is 5.32 Å². The molecule has 1 saturated carbocycles. The van der Waals surface area contributed by atoms with E-state index in [4.69, 9.17) is 11.6 Å². The normalized spacial score (nSPS) is 23.8. The van der Waals surface area contributed by atoms with E-state index in [0.29, 0.717) is 6.54 Å². The van der Waals surface area contributed by atoms with Crippen LogP contribution in [0, 0.1) is 5.92 Å². The molecule has 2 atom stereocenters. The lowest BCUT2D eigenvalue weighted by molar-refractivity contribution is -0.143. The maximum atomic E-state index is 11.2. The molecule has 0 unspecified atom stereocenters. The zero-order valence-corrected chi connectivity index (χ0v) is 11.0. The summed E-state index contributed by atoms with van der Waals surface area (Å²) in [4.78, 5) is 11.2. The fraction of sp³-hybridized carbons (Fsp3) is 0.500. The molecule has 0 spiro atoms. The van der Waals surface area contributed by atoms with Crippen LogP contribution in [0.3, 0.4) is 0 Å². The molecule has 0 bridgehead atoms. The molecule has 2 N–H and O–H groups in total. The van der Waals surface area contributed by atoms with Gasteiger partial charge in [0.1, 0.15) is 0 Å². The number of hydrogen-bond acceptors (Lipinski definition) is 2. The van der Waals surface area contributed by atoms with E-state index in [-0.39, 0.29) is 12.0 Å². The first kappa shape index (κ1) is 13.4. The predicted molar refractivity (Wildman–Crippen MR) is 71.7 cm³/mol. The molecule has 0 aliphatic heterocycles. The van der Waals surface area contributed by atoms with Gasteiger partial charge in [-0.2, -0.15) is 0 Å². The molecule has 0 radical (unpaired) electrons. The topological polar surface area (TPSA) is 49.3 Å². The van der Waals surface area contributed by atoms with Crippen LogP contribution in [-0.4, -0.2) is 17.1 Å². The minimum atomic E-state index is -0.677. The number of carbonyl (C=O) groups is 1. The van der Waals surface area contributed by atoms with Gasteiger partial charge in [-0.25, -0.2) is 0 Å². The number of aliphatic carboxylic acids is 1. The first-order chi connectivity index (χ1) is 8.66. The molecule has 3 nitrogen and oxygen atoms in total. The summed E-state index contributed by atoms with van der Waals surface area (Å²) in [7, 11) is 0. The zero-order valence-electron chi connectivity index (χ0n) is 10.2. The Kier molecular flexibility index (Phi) is 4.61. The van der Waals surface area contributed by atoms with E-state index in [1.807, 2.05) is 24.3 Å². The van der Waals surface area contributed by atoms with Crippen LogP contribution in [0.4, 0.5) is 0 Å². The minimum Gasteiger partial charge on any atom is -0.481 e. The van der Waals surface area contributed by atoms with Crippen LogP contribution in [-0.2, 0) is 11.3 Å². The molecule has 0 amide bonds. The highest BCUT2D eigenvalue weighted by molar-refractivity contribution is 6.30. The summed E-state index contributed by atoms with van der Waals surface area (Å²) >= 11 is 5.83. The second-order valence-electron chi connectivity index (χ2n) is 4.84. The van der Waals surface area contributed by atoms with Crippen LogP contribution in [0.15, 0.2) is 24.3 Å². The predicted octanol–water partition coefficient (Wildman–Crippen LogP) is 3.07. The molecular formula is C14H18ClNO2. The second-order valence-corrected chi connectivity index (χ2v) is 5.28. The summed E-state index contributed by atoms with van der Waals surface area (Å²) in [6.07, 6.45) is 3.87. The van der Waals surface area contributed by atoms with Crippen molar-refractivity contribution in [2.45, 2.75) is 38.3 Å². The van der Waals surface area contributed by atoms with E-state index in [1.165, 1.54) is 0 Å². The van der Waals surface area contributed by atoms with Crippen molar-refractivity contribution < 1.29 is 9.90 Å². The van der Waals surface area contributed by atoms with Crippen molar-refractivity contribution in [3.63, 3.8) is 0 Å². The summed E-state index contributed by atoms with van der Waals surface area (Å²) in [6.45, 7) is 0.700. The smallest absolute Gasteiger partial charge is 0.308 e. The minimum absolute atomic E-state index is 0.0897. The third-order valence-corrected chi connectivity index (χ3v) is 3.82. The van der Waals surface area contributed by atoms with Gasteiger partial charge in [-0.15, -0.1) is 0 Å². The lowest BCUT2D eigenvalue weighted by atomic mass is 9.84. The third-order valence-electron chi connectivity index (χ3n) is 3.56. The molecule has 1 aromatic carbocycles. The van der Waals surface area contributed by atoms with Crippen molar-refractivity contribution in [2.75, 3.05) is 0 Å². The van der Waals surface area contributed by atoms with Gasteiger partial charge in [0, 0.05) is 17.6 Å². The highest BCUT2D eigenvalue weighted by Gasteiger charge is 2.30. The Labute approximate surface area is 112 Å². The van der Waals surface area contributed by atoms with Gasteiger partial charge in [0.15, 0.2) is 0 Å². The molecule has 0 heterocycles. The maximum absolute atomic E-state index is 11.2. The van der Waals surface area contributed by atoms with E-state index >= 15 is 0 Å². The number of benzene rings is 1. The van der Waals surface area contributed by atoms with Crippen LogP contribution in [0.1, 0.15) is 31.2 Å². The van der Waals surface area contributed by atoms with E-state index in [1.54, 1.807) is 0 Å². The molecule has 0 aromatic heterocycles. The van der Waals surface area contributed by atoms with Gasteiger partial charge < -0.3 is 10.4 Å². The summed E-state index contributed by atoms with van der Waals surface area (Å²) < 4.78 is 0. The molecule has 4 heteroatoms. The molecule has 0 saturated heterocycles. The fourth-order valence-corrected chi connectivity index (χ4v) is 2.65. The second kappa shape index (κ2) is 6.21. The van der Waals surface area contributed by atoms with E-state index in [0.717, 1.165) is 36.3 Å². The molecular weight excluding hydrogens is 250 g/mol. The van der Waals surface area contributed by atoms with E-state index < -0.39 is 5.97 Å². The Morgan fingerprint density at radius 3 is 2.61 bits per heavy atom. The number of rotatable bonds is 4. The van der Waals surface area contributed by atoms with Gasteiger partial charge in [-0.05, 0) is 30.5 Å². The number of carboxylic acids is 1. The first-order valence-corrected chi connectivity index (χ1v) is 6.75. The zero-order chi connectivity index (χ0) is 13.0. The molecule has 2 rings (SSSR count). The highest BCUT2D eigenvalue weighted by atomic mass is 35.5.